The van der Waals surface area contributed by atoms with Gasteiger partial charge in [-0.05, 0) is 36.1 Å². The van der Waals surface area contributed by atoms with Crippen molar-refractivity contribution in [1.82, 2.24) is 20.1 Å². The van der Waals surface area contributed by atoms with Crippen LogP contribution < -0.4 is 15.4 Å². The number of nitrogens with one attached hydrogen (secondary N) is 2. The zero-order chi connectivity index (χ0) is 25.1. The zero-order valence-electron chi connectivity index (χ0n) is 19.5. The zero-order valence-corrected chi connectivity index (χ0v) is 20.3. The first-order chi connectivity index (χ1) is 17.5. The number of benzene rings is 2. The van der Waals surface area contributed by atoms with Crippen molar-refractivity contribution >= 4 is 49.2 Å². The summed E-state index contributed by atoms with van der Waals surface area (Å²) in [6.45, 7) is 4.34. The van der Waals surface area contributed by atoms with Crippen LogP contribution in [0.1, 0.15) is 19.2 Å². The number of thiazole rings is 1. The highest BCUT2D eigenvalue weighted by molar-refractivity contribution is 7.22. The van der Waals surface area contributed by atoms with Crippen LogP contribution in [0.4, 0.5) is 10.9 Å². The fourth-order valence-corrected chi connectivity index (χ4v) is 4.43. The topological polar surface area (TPSA) is 135 Å². The second-order valence-electron chi connectivity index (χ2n) is 7.83. The van der Waals surface area contributed by atoms with Crippen molar-refractivity contribution in [2.75, 3.05) is 17.2 Å². The van der Waals surface area contributed by atoms with E-state index in [4.69, 9.17) is 9.26 Å². The van der Waals surface area contributed by atoms with Crippen molar-refractivity contribution in [3.63, 3.8) is 0 Å². The summed E-state index contributed by atoms with van der Waals surface area (Å²) < 4.78 is 11.7. The number of carbonyl (C=O) groups is 1. The molecule has 3 heterocycles. The van der Waals surface area contributed by atoms with Crippen LogP contribution in [-0.2, 0) is 4.79 Å². The van der Waals surface area contributed by atoms with Crippen LogP contribution in [-0.4, -0.2) is 37.7 Å². The number of aliphatic hydroxyl groups is 1. The molecule has 0 aliphatic rings. The number of aryl methyl sites for hydroxylation is 1. The van der Waals surface area contributed by atoms with E-state index in [0.717, 1.165) is 27.5 Å². The predicted octanol–water partition coefficient (Wildman–Crippen LogP) is 5.44. The highest BCUT2D eigenvalue weighted by Gasteiger charge is 2.15. The van der Waals surface area contributed by atoms with Gasteiger partial charge in [-0.3, -0.25) is 10.1 Å². The summed E-state index contributed by atoms with van der Waals surface area (Å²) in [5.74, 6) is 0.853. The summed E-state index contributed by atoms with van der Waals surface area (Å²) in [6, 6.07) is 13.1. The van der Waals surface area contributed by atoms with Gasteiger partial charge >= 0.3 is 0 Å². The molecule has 1 amide bonds. The van der Waals surface area contributed by atoms with Crippen molar-refractivity contribution < 1.29 is 19.2 Å². The lowest BCUT2D eigenvalue weighted by Gasteiger charge is -2.07. The molecule has 0 radical (unpaired) electrons. The first-order valence-corrected chi connectivity index (χ1v) is 12.0. The lowest BCUT2D eigenvalue weighted by atomic mass is 10.1. The minimum absolute atomic E-state index is 0.353. The van der Waals surface area contributed by atoms with Gasteiger partial charge in [-0.25, -0.2) is 9.97 Å². The number of pyridine rings is 1. The number of fused-ring (bicyclic) bond motifs is 2. The van der Waals surface area contributed by atoms with E-state index < -0.39 is 11.7 Å². The number of aromatic nitrogens is 4. The van der Waals surface area contributed by atoms with Crippen molar-refractivity contribution in [3.8, 4) is 17.1 Å². The second kappa shape index (κ2) is 10.0. The van der Waals surface area contributed by atoms with Crippen molar-refractivity contribution in [2.24, 2.45) is 0 Å². The molecule has 0 saturated heterocycles. The minimum atomic E-state index is -0.708. The number of aliphatic hydroxyl groups excluding tert-OH is 1. The van der Waals surface area contributed by atoms with E-state index in [1.165, 1.54) is 17.5 Å². The van der Waals surface area contributed by atoms with E-state index >= 15 is 0 Å². The Morgan fingerprint density at radius 2 is 2.11 bits per heavy atom. The molecule has 0 spiro atoms. The summed E-state index contributed by atoms with van der Waals surface area (Å²) in [5.41, 5.74) is 1.46. The van der Waals surface area contributed by atoms with Gasteiger partial charge < -0.3 is 19.7 Å². The van der Waals surface area contributed by atoms with Crippen LogP contribution in [0.25, 0.3) is 32.4 Å². The molecule has 5 aromatic rings. The van der Waals surface area contributed by atoms with E-state index in [1.54, 1.807) is 13.1 Å². The molecular formula is C25H22N6O4S. The molecule has 2 aromatic carbocycles. The Balaban J connectivity index is 1.34. The third-order valence-corrected chi connectivity index (χ3v) is 6.19. The minimum Gasteiger partial charge on any atom is -0.502 e. The molecule has 11 heteroatoms. The molecule has 3 aromatic heterocycles. The van der Waals surface area contributed by atoms with Gasteiger partial charge in [0.25, 0.3) is 5.91 Å². The molecule has 0 bridgehead atoms. The SMILES string of the molecule is CCCOc1cccc2nc(NC(=O)/C(O)=C/Nc3nccc4ccc(-c5noc(C)n5)cc34)sc12. The first kappa shape index (κ1) is 23.2. The van der Waals surface area contributed by atoms with E-state index in [0.29, 0.717) is 40.5 Å². The summed E-state index contributed by atoms with van der Waals surface area (Å²) >= 11 is 1.28. The predicted molar refractivity (Wildman–Crippen MR) is 138 cm³/mol. The summed E-state index contributed by atoms with van der Waals surface area (Å²) in [4.78, 5) is 25.6. The van der Waals surface area contributed by atoms with Crippen LogP contribution in [0, 0.1) is 6.92 Å². The van der Waals surface area contributed by atoms with Gasteiger partial charge in [0.2, 0.25) is 11.7 Å². The molecule has 0 aliphatic heterocycles. The third kappa shape index (κ3) is 4.82. The standard InChI is InChI=1S/C25H22N6O4S/c1-3-11-34-20-6-4-5-18-21(20)36-25(29-18)30-24(33)19(32)13-27-23-17-12-16(22-28-14(2)35-31-22)8-7-15(17)9-10-26-23/h4-10,12-13,32H,3,11H2,1-2H3,(H,26,27)(H,29,30,33)/b19-13-. The van der Waals surface area contributed by atoms with Crippen LogP contribution in [0.5, 0.6) is 5.75 Å². The molecule has 0 unspecified atom stereocenters. The molecule has 3 N–H and O–H groups in total. The van der Waals surface area contributed by atoms with Gasteiger partial charge in [-0.2, -0.15) is 4.98 Å². The van der Waals surface area contributed by atoms with Gasteiger partial charge in [-0.1, -0.05) is 41.6 Å². The van der Waals surface area contributed by atoms with Crippen LogP contribution in [0.15, 0.2) is 65.1 Å². The fraction of sp³-hybridized carbons (Fsp3) is 0.160. The highest BCUT2D eigenvalue weighted by atomic mass is 32.1. The Morgan fingerprint density at radius 3 is 2.92 bits per heavy atom. The summed E-state index contributed by atoms with van der Waals surface area (Å²) in [6.07, 6.45) is 3.70. The Bertz CT molecular complexity index is 1590. The Labute approximate surface area is 209 Å². The average Bonchev–Trinajstić information content (AvgIpc) is 3.51. The Kier molecular flexibility index (Phi) is 6.46. The number of rotatable bonds is 8. The number of amides is 1. The first-order valence-electron chi connectivity index (χ1n) is 11.2. The third-order valence-electron chi connectivity index (χ3n) is 5.19. The van der Waals surface area contributed by atoms with Gasteiger partial charge in [0.1, 0.15) is 11.6 Å². The lowest BCUT2D eigenvalue weighted by Crippen LogP contribution is -2.15. The molecule has 0 aliphatic carbocycles. The Morgan fingerprint density at radius 1 is 1.22 bits per heavy atom. The van der Waals surface area contributed by atoms with Crippen molar-refractivity contribution in [1.29, 1.82) is 0 Å². The highest BCUT2D eigenvalue weighted by Crippen LogP contribution is 2.34. The molecule has 0 atom stereocenters. The maximum atomic E-state index is 12.6. The monoisotopic (exact) mass is 502 g/mol. The molecule has 182 valence electrons. The lowest BCUT2D eigenvalue weighted by molar-refractivity contribution is -0.115. The normalized spacial score (nSPS) is 11.7. The second-order valence-corrected chi connectivity index (χ2v) is 8.83. The van der Waals surface area contributed by atoms with Gasteiger partial charge in [0, 0.05) is 24.1 Å². The van der Waals surface area contributed by atoms with E-state index in [1.807, 2.05) is 49.4 Å². The summed E-state index contributed by atoms with van der Waals surface area (Å²) in [5, 5.41) is 21.9. The molecule has 10 nitrogen and oxygen atoms in total. The van der Waals surface area contributed by atoms with Crippen LogP contribution in [0.3, 0.4) is 0 Å². The van der Waals surface area contributed by atoms with E-state index in [-0.39, 0.29) is 0 Å². The smallest absolute Gasteiger partial charge is 0.293 e. The Hall–Kier alpha value is -4.51. The number of hydrogen-bond donors (Lipinski definition) is 3. The number of carbonyl (C=O) groups excluding carboxylic acids is 1. The fourth-order valence-electron chi connectivity index (χ4n) is 3.51. The van der Waals surface area contributed by atoms with Crippen molar-refractivity contribution in [3.05, 3.63) is 66.5 Å². The molecule has 36 heavy (non-hydrogen) atoms. The average molecular weight is 503 g/mol. The number of hydrogen-bond acceptors (Lipinski definition) is 10. The van der Waals surface area contributed by atoms with E-state index in [2.05, 4.69) is 30.7 Å². The van der Waals surface area contributed by atoms with Crippen LogP contribution in [0.2, 0.25) is 0 Å². The summed E-state index contributed by atoms with van der Waals surface area (Å²) in [7, 11) is 0. The molecule has 0 fully saturated rings. The van der Waals surface area contributed by atoms with Crippen molar-refractivity contribution in [2.45, 2.75) is 20.3 Å². The maximum Gasteiger partial charge on any atom is 0.293 e. The van der Waals surface area contributed by atoms with Gasteiger partial charge in [-0.15, -0.1) is 0 Å². The van der Waals surface area contributed by atoms with Gasteiger partial charge in [0.15, 0.2) is 10.9 Å². The van der Waals surface area contributed by atoms with Gasteiger partial charge in [0.05, 0.1) is 23.0 Å². The number of anilines is 2. The van der Waals surface area contributed by atoms with E-state index in [9.17, 15) is 9.90 Å². The number of nitrogens with zero attached hydrogens (tertiary/aromatic N) is 4. The van der Waals surface area contributed by atoms with Crippen LogP contribution >= 0.6 is 11.3 Å². The molecule has 0 saturated carbocycles. The number of ether oxygens (including phenoxy) is 1. The quantitative estimate of drug-likeness (QED) is 0.187. The molecule has 5 rings (SSSR count). The maximum absolute atomic E-state index is 12.6. The largest absolute Gasteiger partial charge is 0.502 e. The molecular weight excluding hydrogens is 480 g/mol.